The number of aromatic amines is 2. The van der Waals surface area contributed by atoms with Gasteiger partial charge in [-0.05, 0) is 36.4 Å². The monoisotopic (exact) mass is 563 g/mol. The fourth-order valence-corrected chi connectivity index (χ4v) is 5.39. The lowest BCUT2D eigenvalue weighted by Gasteiger charge is -2.10. The van der Waals surface area contributed by atoms with E-state index < -0.39 is 0 Å². The van der Waals surface area contributed by atoms with Crippen LogP contribution in [0.3, 0.4) is 0 Å². The van der Waals surface area contributed by atoms with Crippen LogP contribution in [-0.4, -0.2) is 43.0 Å². The number of amides is 1. The fraction of sp³-hybridized carbons (Fsp3) is 0.100. The zero-order valence-corrected chi connectivity index (χ0v) is 22.6. The molecule has 11 heteroatoms. The average Bonchev–Trinajstić information content (AvgIpc) is 3.75. The molecule has 10 nitrogen and oxygen atoms in total. The lowest BCUT2D eigenvalue weighted by atomic mass is 10.1. The number of fused-ring (bicyclic) bond motifs is 1. The number of anilines is 2. The number of thiophene rings is 1. The van der Waals surface area contributed by atoms with Gasteiger partial charge in [-0.2, -0.15) is 5.10 Å². The molecule has 0 saturated heterocycles. The Balaban J connectivity index is 1.26. The topological polar surface area (TPSA) is 138 Å². The van der Waals surface area contributed by atoms with E-state index in [-0.39, 0.29) is 23.8 Å². The minimum Gasteiger partial charge on any atom is -0.378 e. The van der Waals surface area contributed by atoms with Crippen LogP contribution in [0.15, 0.2) is 96.1 Å². The second kappa shape index (κ2) is 11.4. The van der Waals surface area contributed by atoms with Gasteiger partial charge in [0, 0.05) is 52.6 Å². The first-order chi connectivity index (χ1) is 20.0. The number of H-pyrrole nitrogens is 2. The van der Waals surface area contributed by atoms with Gasteiger partial charge in [0.05, 0.1) is 28.7 Å². The Morgan fingerprint density at radius 1 is 0.976 bits per heavy atom. The Morgan fingerprint density at radius 3 is 2.66 bits per heavy atom. The molecule has 4 N–H and O–H groups in total. The van der Waals surface area contributed by atoms with Gasteiger partial charge in [0.2, 0.25) is 11.5 Å². The minimum atomic E-state index is -0.277. The van der Waals surface area contributed by atoms with Crippen molar-refractivity contribution in [3.8, 4) is 10.4 Å². The van der Waals surface area contributed by atoms with Gasteiger partial charge in [-0.1, -0.05) is 36.4 Å². The molecule has 4 aromatic heterocycles. The van der Waals surface area contributed by atoms with Gasteiger partial charge in [-0.15, -0.1) is 11.3 Å². The van der Waals surface area contributed by atoms with Crippen molar-refractivity contribution in [1.29, 1.82) is 0 Å². The van der Waals surface area contributed by atoms with E-state index in [9.17, 15) is 14.4 Å². The molecule has 6 aromatic rings. The number of aryl methyl sites for hydroxylation is 2. The van der Waals surface area contributed by atoms with Crippen molar-refractivity contribution in [2.24, 2.45) is 0 Å². The molecule has 0 spiro atoms. The molecule has 0 radical (unpaired) electrons. The third-order valence-corrected chi connectivity index (χ3v) is 7.70. The highest BCUT2D eigenvalue weighted by Crippen LogP contribution is 2.29. The number of nitrogens with zero attached hydrogens (tertiary/aromatic N) is 3. The molecule has 1 amide bonds. The van der Waals surface area contributed by atoms with Crippen LogP contribution in [0.2, 0.25) is 0 Å². The van der Waals surface area contributed by atoms with E-state index in [1.165, 1.54) is 17.4 Å². The van der Waals surface area contributed by atoms with Gasteiger partial charge < -0.3 is 14.9 Å². The summed E-state index contributed by atoms with van der Waals surface area (Å²) in [5.74, 6) is 0.0899. The quantitative estimate of drug-likeness (QED) is 0.174. The number of hydrogen-bond acceptors (Lipinski definition) is 7. The van der Waals surface area contributed by atoms with E-state index in [1.54, 1.807) is 36.7 Å². The van der Waals surface area contributed by atoms with Gasteiger partial charge in [0.25, 0.3) is 5.91 Å². The van der Waals surface area contributed by atoms with Crippen LogP contribution in [0.4, 0.5) is 11.6 Å². The molecular weight excluding hydrogens is 538 g/mol. The normalized spacial score (nSPS) is 11.0. The van der Waals surface area contributed by atoms with Crippen LogP contribution in [-0.2, 0) is 13.0 Å². The molecule has 204 valence electrons. The standard InChI is InChI=1S/C30H25N7O3S/c38-25(19-5-2-1-3-6-19)18-31-22-9-10-24-23(15-22)35-30(37(24)14-13-21-7-4-8-28(39)34-21)36-29(40)27-12-11-26(41-27)20-16-32-33-17-20/h1-12,15-17,31H,13-14,18H2,(H,32,33)(H,34,39)(H,35,36,40). The number of carbonyl (C=O) groups is 2. The van der Waals surface area contributed by atoms with Crippen LogP contribution in [0.1, 0.15) is 25.7 Å². The lowest BCUT2D eigenvalue weighted by molar-refractivity contribution is 0.100. The zero-order chi connectivity index (χ0) is 28.2. The van der Waals surface area contributed by atoms with Crippen molar-refractivity contribution in [1.82, 2.24) is 24.7 Å². The van der Waals surface area contributed by atoms with Crippen molar-refractivity contribution in [3.63, 3.8) is 0 Å². The van der Waals surface area contributed by atoms with Crippen molar-refractivity contribution >= 4 is 45.7 Å². The predicted molar refractivity (Wildman–Crippen MR) is 160 cm³/mol. The summed E-state index contributed by atoms with van der Waals surface area (Å²) in [6, 6.07) is 23.5. The number of hydrogen-bond donors (Lipinski definition) is 4. The second-order valence-corrected chi connectivity index (χ2v) is 10.4. The Labute approximate surface area is 238 Å². The molecule has 0 atom stereocenters. The summed E-state index contributed by atoms with van der Waals surface area (Å²) in [5, 5.41) is 12.9. The van der Waals surface area contributed by atoms with E-state index in [1.807, 2.05) is 53.1 Å². The SMILES string of the molecule is O=C(CNc1ccc2c(c1)nc(NC(=O)c1ccc(-c3cn[nH]c3)s1)n2CCc1cccc(=O)[nH]1)c1ccccc1. The van der Waals surface area contributed by atoms with Crippen molar-refractivity contribution in [3.05, 3.63) is 118 Å². The molecule has 0 bridgehead atoms. The molecule has 6 rings (SSSR count). The van der Waals surface area contributed by atoms with Crippen LogP contribution in [0.25, 0.3) is 21.5 Å². The first kappa shape index (κ1) is 26.0. The summed E-state index contributed by atoms with van der Waals surface area (Å²) in [5.41, 5.74) is 4.35. The van der Waals surface area contributed by atoms with Gasteiger partial charge in [0.1, 0.15) is 0 Å². The van der Waals surface area contributed by atoms with Crippen LogP contribution in [0, 0.1) is 0 Å². The summed E-state index contributed by atoms with van der Waals surface area (Å²) < 4.78 is 1.92. The molecular formula is C30H25N7O3S. The van der Waals surface area contributed by atoms with E-state index in [2.05, 4.69) is 25.8 Å². The first-order valence-corrected chi connectivity index (χ1v) is 13.8. The smallest absolute Gasteiger partial charge is 0.268 e. The Bertz CT molecular complexity index is 1890. The summed E-state index contributed by atoms with van der Waals surface area (Å²) in [6.45, 7) is 0.606. The average molecular weight is 564 g/mol. The maximum Gasteiger partial charge on any atom is 0.268 e. The highest BCUT2D eigenvalue weighted by atomic mass is 32.1. The van der Waals surface area contributed by atoms with Crippen molar-refractivity contribution in [2.45, 2.75) is 13.0 Å². The van der Waals surface area contributed by atoms with E-state index in [0.29, 0.717) is 34.9 Å². The van der Waals surface area contributed by atoms with Crippen LogP contribution in [0.5, 0.6) is 0 Å². The van der Waals surface area contributed by atoms with E-state index in [0.717, 1.165) is 27.3 Å². The van der Waals surface area contributed by atoms with Gasteiger partial charge in [0.15, 0.2) is 5.78 Å². The number of pyridine rings is 1. The summed E-state index contributed by atoms with van der Waals surface area (Å²) >= 11 is 1.36. The molecule has 41 heavy (non-hydrogen) atoms. The second-order valence-electron chi connectivity index (χ2n) is 9.33. The molecule has 0 unspecified atom stereocenters. The molecule has 0 aliphatic rings. The number of imidazole rings is 1. The lowest BCUT2D eigenvalue weighted by Crippen LogP contribution is -2.16. The third-order valence-electron chi connectivity index (χ3n) is 6.57. The predicted octanol–water partition coefficient (Wildman–Crippen LogP) is 4.97. The van der Waals surface area contributed by atoms with E-state index >= 15 is 0 Å². The number of ketones is 1. The largest absolute Gasteiger partial charge is 0.378 e. The Kier molecular flexibility index (Phi) is 7.25. The number of benzene rings is 2. The number of aromatic nitrogens is 5. The van der Waals surface area contributed by atoms with Crippen LogP contribution < -0.4 is 16.2 Å². The number of rotatable bonds is 10. The highest BCUT2D eigenvalue weighted by Gasteiger charge is 2.17. The number of nitrogens with one attached hydrogen (secondary N) is 4. The van der Waals surface area contributed by atoms with Gasteiger partial charge in [-0.3, -0.25) is 24.8 Å². The molecule has 0 saturated carbocycles. The fourth-order valence-electron chi connectivity index (χ4n) is 4.51. The summed E-state index contributed by atoms with van der Waals surface area (Å²) in [7, 11) is 0. The molecule has 2 aromatic carbocycles. The van der Waals surface area contributed by atoms with Gasteiger partial charge in [-0.25, -0.2) is 4.98 Å². The van der Waals surface area contributed by atoms with Crippen molar-refractivity contribution < 1.29 is 9.59 Å². The maximum absolute atomic E-state index is 13.2. The molecule has 0 aliphatic heterocycles. The molecule has 0 aliphatic carbocycles. The van der Waals surface area contributed by atoms with Crippen molar-refractivity contribution in [2.75, 3.05) is 17.2 Å². The zero-order valence-electron chi connectivity index (χ0n) is 21.8. The highest BCUT2D eigenvalue weighted by molar-refractivity contribution is 7.17. The molecule has 0 fully saturated rings. The summed E-state index contributed by atoms with van der Waals surface area (Å²) in [4.78, 5) is 46.6. The maximum atomic E-state index is 13.2. The number of Topliss-reactive ketones (excluding diaryl/α,β-unsaturated/α-hetero) is 1. The molecule has 4 heterocycles. The van der Waals surface area contributed by atoms with E-state index in [4.69, 9.17) is 4.98 Å². The Hall–Kier alpha value is -5.29. The first-order valence-electron chi connectivity index (χ1n) is 12.9. The van der Waals surface area contributed by atoms with Gasteiger partial charge >= 0.3 is 0 Å². The Morgan fingerprint density at radius 2 is 1.85 bits per heavy atom. The minimum absolute atomic E-state index is 0.0215. The van der Waals surface area contributed by atoms with Crippen LogP contribution >= 0.6 is 11.3 Å². The summed E-state index contributed by atoms with van der Waals surface area (Å²) in [6.07, 6.45) is 4.01. The number of carbonyl (C=O) groups excluding carboxylic acids is 2. The third kappa shape index (κ3) is 5.85.